The number of hydrogen-bond donors (Lipinski definition) is 1. The van der Waals surface area contributed by atoms with Crippen LogP contribution in [0.25, 0.3) is 0 Å². The van der Waals surface area contributed by atoms with E-state index in [4.69, 9.17) is 29.6 Å². The molecule has 7 heteroatoms. The fourth-order valence-electron chi connectivity index (χ4n) is 2.33. The Hall–Kier alpha value is -0.690. The molecule has 0 radical (unpaired) electrons. The normalized spacial score (nSPS) is 19.4. The summed E-state index contributed by atoms with van der Waals surface area (Å²) in [5.74, 6) is 0. The zero-order valence-corrected chi connectivity index (χ0v) is 14.5. The van der Waals surface area contributed by atoms with Crippen LogP contribution in [-0.2, 0) is 10.0 Å². The third kappa shape index (κ3) is 3.56. The van der Waals surface area contributed by atoms with Crippen molar-refractivity contribution in [1.29, 1.82) is 0 Å². The Morgan fingerprint density at radius 1 is 1.33 bits per heavy atom. The van der Waals surface area contributed by atoms with Crippen LogP contribution in [0.1, 0.15) is 32.3 Å². The molecule has 1 aromatic rings. The van der Waals surface area contributed by atoms with E-state index < -0.39 is 10.0 Å². The van der Waals surface area contributed by atoms with Gasteiger partial charge in [0.1, 0.15) is 9.88 Å². The zero-order chi connectivity index (χ0) is 15.8. The quantitative estimate of drug-likeness (QED) is 0.855. The topological polar surface area (TPSA) is 63.4 Å². The van der Waals surface area contributed by atoms with E-state index in [9.17, 15) is 8.42 Å². The first-order valence-corrected chi connectivity index (χ1v) is 8.96. The van der Waals surface area contributed by atoms with E-state index >= 15 is 0 Å². The SMILES string of the molecule is CC1(C)CCN(S(=O)(=O)c2cc(C(N)=S)ccc2Cl)CC1. The Morgan fingerprint density at radius 2 is 1.90 bits per heavy atom. The minimum Gasteiger partial charge on any atom is -0.389 e. The summed E-state index contributed by atoms with van der Waals surface area (Å²) >= 11 is 11.0. The van der Waals surface area contributed by atoms with Crippen molar-refractivity contribution in [3.63, 3.8) is 0 Å². The van der Waals surface area contributed by atoms with Gasteiger partial charge in [0.15, 0.2) is 0 Å². The Labute approximate surface area is 136 Å². The molecule has 0 unspecified atom stereocenters. The lowest BCUT2D eigenvalue weighted by Crippen LogP contribution is -2.41. The minimum absolute atomic E-state index is 0.0779. The van der Waals surface area contributed by atoms with Crippen molar-refractivity contribution in [3.05, 3.63) is 28.8 Å². The van der Waals surface area contributed by atoms with Crippen LogP contribution in [0, 0.1) is 5.41 Å². The van der Waals surface area contributed by atoms with Gasteiger partial charge in [-0.3, -0.25) is 0 Å². The van der Waals surface area contributed by atoms with E-state index in [1.807, 2.05) is 0 Å². The molecule has 1 aromatic carbocycles. The molecule has 1 aliphatic heterocycles. The third-order valence-corrected chi connectivity index (χ3v) is 6.53. The van der Waals surface area contributed by atoms with E-state index in [0.29, 0.717) is 18.7 Å². The van der Waals surface area contributed by atoms with Crippen molar-refractivity contribution in [2.24, 2.45) is 11.1 Å². The highest BCUT2D eigenvalue weighted by molar-refractivity contribution is 7.89. The lowest BCUT2D eigenvalue weighted by Gasteiger charge is -2.36. The standard InChI is InChI=1S/C14H19ClN2O2S2/c1-14(2)5-7-17(8-6-14)21(18,19)12-9-10(13(16)20)3-4-11(12)15/h3-4,9H,5-8H2,1-2H3,(H2,16,20). The van der Waals surface area contributed by atoms with Gasteiger partial charge in [-0.05, 0) is 30.4 Å². The van der Waals surface area contributed by atoms with E-state index in [2.05, 4.69) is 13.8 Å². The van der Waals surface area contributed by atoms with Crippen LogP contribution in [0.3, 0.4) is 0 Å². The van der Waals surface area contributed by atoms with Gasteiger partial charge in [0.25, 0.3) is 0 Å². The molecule has 21 heavy (non-hydrogen) atoms. The van der Waals surface area contributed by atoms with Gasteiger partial charge >= 0.3 is 0 Å². The van der Waals surface area contributed by atoms with Crippen LogP contribution in [0.4, 0.5) is 0 Å². The molecule has 4 nitrogen and oxygen atoms in total. The molecule has 1 saturated heterocycles. The van der Waals surface area contributed by atoms with Crippen LogP contribution >= 0.6 is 23.8 Å². The maximum Gasteiger partial charge on any atom is 0.244 e. The first-order chi connectivity index (χ1) is 9.63. The second kappa shape index (κ2) is 5.83. The first kappa shape index (κ1) is 16.7. The van der Waals surface area contributed by atoms with Crippen molar-refractivity contribution in [3.8, 4) is 0 Å². The molecule has 0 atom stereocenters. The zero-order valence-electron chi connectivity index (χ0n) is 12.1. The van der Waals surface area contributed by atoms with E-state index in [-0.39, 0.29) is 20.3 Å². The molecule has 116 valence electrons. The molecular formula is C14H19ClN2O2S2. The minimum atomic E-state index is -3.61. The number of halogens is 1. The van der Waals surface area contributed by atoms with Crippen LogP contribution in [-0.4, -0.2) is 30.8 Å². The number of benzene rings is 1. The number of rotatable bonds is 3. The summed E-state index contributed by atoms with van der Waals surface area (Å²) in [5, 5.41) is 0.194. The Kier molecular flexibility index (Phi) is 4.63. The molecule has 0 amide bonds. The number of thiocarbonyl (C=S) groups is 1. The summed E-state index contributed by atoms with van der Waals surface area (Å²) in [7, 11) is -3.61. The van der Waals surface area contributed by atoms with E-state index in [0.717, 1.165) is 12.8 Å². The van der Waals surface area contributed by atoms with E-state index in [1.165, 1.54) is 16.4 Å². The van der Waals surface area contributed by atoms with Crippen LogP contribution in [0.15, 0.2) is 23.1 Å². The molecule has 0 saturated carbocycles. The van der Waals surface area contributed by atoms with Crippen molar-refractivity contribution in [2.45, 2.75) is 31.6 Å². The van der Waals surface area contributed by atoms with Gasteiger partial charge in [0, 0.05) is 18.7 Å². The number of hydrogen-bond acceptors (Lipinski definition) is 3. The average Bonchev–Trinajstić information content (AvgIpc) is 2.38. The molecule has 1 heterocycles. The largest absolute Gasteiger partial charge is 0.389 e. The molecule has 2 N–H and O–H groups in total. The summed E-state index contributed by atoms with van der Waals surface area (Å²) in [6.07, 6.45) is 1.66. The second-order valence-corrected chi connectivity index (χ2v) is 8.83. The van der Waals surface area contributed by atoms with Gasteiger partial charge in [-0.1, -0.05) is 43.7 Å². The molecule has 1 aliphatic rings. The fourth-order valence-corrected chi connectivity index (χ4v) is 4.39. The molecule has 2 rings (SSSR count). The van der Waals surface area contributed by atoms with Crippen LogP contribution in [0.2, 0.25) is 5.02 Å². The van der Waals surface area contributed by atoms with Crippen molar-refractivity contribution >= 4 is 38.8 Å². The summed E-state index contributed by atoms with van der Waals surface area (Å²) in [6.45, 7) is 5.31. The smallest absolute Gasteiger partial charge is 0.244 e. The molecule has 0 aromatic heterocycles. The summed E-state index contributed by atoms with van der Waals surface area (Å²) in [4.78, 5) is 0.233. The van der Waals surface area contributed by atoms with Crippen molar-refractivity contribution in [2.75, 3.05) is 13.1 Å². The van der Waals surface area contributed by atoms with Crippen molar-refractivity contribution < 1.29 is 8.42 Å². The summed E-state index contributed by atoms with van der Waals surface area (Å²) in [6, 6.07) is 4.61. The van der Waals surface area contributed by atoms with Gasteiger partial charge in [-0.25, -0.2) is 8.42 Å². The highest BCUT2D eigenvalue weighted by Gasteiger charge is 2.33. The number of nitrogens with two attached hydrogens (primary N) is 1. The number of piperidine rings is 1. The lowest BCUT2D eigenvalue weighted by atomic mass is 9.83. The summed E-state index contributed by atoms with van der Waals surface area (Å²) in [5.41, 5.74) is 6.25. The Balaban J connectivity index is 2.36. The second-order valence-electron chi connectivity index (χ2n) is 6.08. The van der Waals surface area contributed by atoms with Gasteiger partial charge in [0.05, 0.1) is 5.02 Å². The monoisotopic (exact) mass is 346 g/mol. The maximum atomic E-state index is 12.8. The van der Waals surface area contributed by atoms with Crippen LogP contribution < -0.4 is 5.73 Å². The number of nitrogens with zero attached hydrogens (tertiary/aromatic N) is 1. The third-order valence-electron chi connectivity index (χ3n) is 3.91. The lowest BCUT2D eigenvalue weighted by molar-refractivity contribution is 0.196. The molecule has 0 spiro atoms. The molecule has 0 bridgehead atoms. The maximum absolute atomic E-state index is 12.8. The first-order valence-electron chi connectivity index (χ1n) is 6.73. The Morgan fingerprint density at radius 3 is 2.43 bits per heavy atom. The highest BCUT2D eigenvalue weighted by Crippen LogP contribution is 2.34. The predicted molar refractivity (Wildman–Crippen MR) is 89.1 cm³/mol. The predicted octanol–water partition coefficient (Wildman–Crippen LogP) is 2.78. The van der Waals surface area contributed by atoms with Gasteiger partial charge in [-0.2, -0.15) is 4.31 Å². The molecule has 0 aliphatic carbocycles. The van der Waals surface area contributed by atoms with Gasteiger partial charge < -0.3 is 5.73 Å². The van der Waals surface area contributed by atoms with Crippen molar-refractivity contribution in [1.82, 2.24) is 4.31 Å². The fraction of sp³-hybridized carbons (Fsp3) is 0.500. The van der Waals surface area contributed by atoms with Gasteiger partial charge in [-0.15, -0.1) is 0 Å². The molecule has 1 fully saturated rings. The molecular weight excluding hydrogens is 328 g/mol. The van der Waals surface area contributed by atoms with Crippen LogP contribution in [0.5, 0.6) is 0 Å². The Bertz CT molecular complexity index is 662. The average molecular weight is 347 g/mol. The highest BCUT2D eigenvalue weighted by atomic mass is 35.5. The number of sulfonamides is 1. The van der Waals surface area contributed by atoms with E-state index in [1.54, 1.807) is 6.07 Å². The van der Waals surface area contributed by atoms with Gasteiger partial charge in [0.2, 0.25) is 10.0 Å². The summed E-state index contributed by atoms with van der Waals surface area (Å²) < 4.78 is 27.0.